The summed E-state index contributed by atoms with van der Waals surface area (Å²) in [7, 11) is 0. The molecule has 2 aromatic heterocycles. The van der Waals surface area contributed by atoms with Gasteiger partial charge in [0.25, 0.3) is 0 Å². The number of aryl methyl sites for hydroxylation is 1. The maximum absolute atomic E-state index is 12.9. The summed E-state index contributed by atoms with van der Waals surface area (Å²) < 4.78 is 2.13. The highest BCUT2D eigenvalue weighted by molar-refractivity contribution is 5.79. The smallest absolute Gasteiger partial charge is 0.226 e. The monoisotopic (exact) mass is 336 g/mol. The molecule has 7 nitrogen and oxygen atoms in total. The quantitative estimate of drug-likeness (QED) is 0.819. The molecule has 0 bridgehead atoms. The molecule has 2 aromatic rings. The fourth-order valence-electron chi connectivity index (χ4n) is 3.71. The van der Waals surface area contributed by atoms with Gasteiger partial charge in [0.1, 0.15) is 11.9 Å². The Morgan fingerprint density at radius 1 is 1.24 bits per heavy atom. The van der Waals surface area contributed by atoms with Crippen molar-refractivity contribution in [1.29, 1.82) is 5.26 Å². The number of carbonyl (C=O) groups is 1. The third kappa shape index (κ3) is 2.95. The van der Waals surface area contributed by atoms with Crippen LogP contribution < -0.4 is 4.90 Å². The number of aromatic nitrogens is 3. The minimum Gasteiger partial charge on any atom is -0.352 e. The summed E-state index contributed by atoms with van der Waals surface area (Å²) >= 11 is 0. The standard InChI is InChI=1S/C18H20N6O/c19-11-15-2-1-4-21-17(15)22-6-8-23(9-7-22)18(25)14-3-5-24-13-20-12-16(24)10-14/h1-2,4,12-14H,3,5-10H2. The molecule has 0 N–H and O–H groups in total. The molecule has 0 radical (unpaired) electrons. The summed E-state index contributed by atoms with van der Waals surface area (Å²) in [6.45, 7) is 3.64. The van der Waals surface area contributed by atoms with E-state index >= 15 is 0 Å². The third-order valence-corrected chi connectivity index (χ3v) is 5.12. The first-order chi connectivity index (χ1) is 12.3. The zero-order chi connectivity index (χ0) is 17.2. The first-order valence-corrected chi connectivity index (χ1v) is 8.64. The van der Waals surface area contributed by atoms with E-state index in [0.717, 1.165) is 30.9 Å². The lowest BCUT2D eigenvalue weighted by molar-refractivity contribution is -0.136. The Morgan fingerprint density at radius 2 is 2.08 bits per heavy atom. The van der Waals surface area contributed by atoms with Gasteiger partial charge in [-0.3, -0.25) is 4.79 Å². The summed E-state index contributed by atoms with van der Waals surface area (Å²) in [5.74, 6) is 1.02. The second kappa shape index (κ2) is 6.55. The molecule has 1 atom stereocenters. The molecule has 2 aliphatic heterocycles. The molecule has 0 aliphatic carbocycles. The SMILES string of the molecule is N#Cc1cccnc1N1CCN(C(=O)C2CCn3cncc3C2)CC1. The van der Waals surface area contributed by atoms with Crippen LogP contribution in [0.5, 0.6) is 0 Å². The zero-order valence-electron chi connectivity index (χ0n) is 14.0. The van der Waals surface area contributed by atoms with E-state index in [1.165, 1.54) is 0 Å². The van der Waals surface area contributed by atoms with Crippen LogP contribution in [0.2, 0.25) is 0 Å². The van der Waals surface area contributed by atoms with E-state index in [4.69, 9.17) is 0 Å². The molecule has 4 heterocycles. The Bertz CT molecular complexity index is 815. The molecule has 0 spiro atoms. The Hall–Kier alpha value is -2.88. The zero-order valence-corrected chi connectivity index (χ0v) is 14.0. The highest BCUT2D eigenvalue weighted by atomic mass is 16.2. The number of nitriles is 1. The topological polar surface area (TPSA) is 78.0 Å². The number of imidazole rings is 1. The Kier molecular flexibility index (Phi) is 4.10. The fraction of sp³-hybridized carbons (Fsp3) is 0.444. The van der Waals surface area contributed by atoms with Gasteiger partial charge in [-0.15, -0.1) is 0 Å². The molecule has 7 heteroatoms. The van der Waals surface area contributed by atoms with Crippen LogP contribution in [0.25, 0.3) is 0 Å². The maximum atomic E-state index is 12.9. The van der Waals surface area contributed by atoms with Gasteiger partial charge in [0.15, 0.2) is 0 Å². The summed E-state index contributed by atoms with van der Waals surface area (Å²) in [6, 6.07) is 5.75. The van der Waals surface area contributed by atoms with E-state index in [0.29, 0.717) is 31.7 Å². The van der Waals surface area contributed by atoms with Crippen molar-refractivity contribution in [3.05, 3.63) is 42.1 Å². The van der Waals surface area contributed by atoms with E-state index in [2.05, 4.69) is 25.5 Å². The van der Waals surface area contributed by atoms with Crippen molar-refractivity contribution in [2.45, 2.75) is 19.4 Å². The predicted molar refractivity (Wildman–Crippen MR) is 91.8 cm³/mol. The number of pyridine rings is 1. The van der Waals surface area contributed by atoms with E-state index < -0.39 is 0 Å². The van der Waals surface area contributed by atoms with Gasteiger partial charge < -0.3 is 14.4 Å². The summed E-state index contributed by atoms with van der Waals surface area (Å²) in [4.78, 5) is 25.4. The van der Waals surface area contributed by atoms with Crippen LogP contribution >= 0.6 is 0 Å². The van der Waals surface area contributed by atoms with Crippen molar-refractivity contribution in [2.24, 2.45) is 5.92 Å². The average Bonchev–Trinajstić information content (AvgIpc) is 3.15. The molecule has 1 fully saturated rings. The molecule has 25 heavy (non-hydrogen) atoms. The highest BCUT2D eigenvalue weighted by Crippen LogP contribution is 2.24. The number of anilines is 1. The lowest BCUT2D eigenvalue weighted by Crippen LogP contribution is -2.51. The fourth-order valence-corrected chi connectivity index (χ4v) is 3.71. The lowest BCUT2D eigenvalue weighted by Gasteiger charge is -2.38. The molecule has 0 saturated carbocycles. The molecule has 0 aromatic carbocycles. The minimum absolute atomic E-state index is 0.0558. The van der Waals surface area contributed by atoms with Crippen molar-refractivity contribution in [2.75, 3.05) is 31.1 Å². The van der Waals surface area contributed by atoms with Crippen LogP contribution in [0.4, 0.5) is 5.82 Å². The van der Waals surface area contributed by atoms with Gasteiger partial charge in [-0.05, 0) is 18.6 Å². The van der Waals surface area contributed by atoms with Crippen LogP contribution in [-0.4, -0.2) is 51.5 Å². The van der Waals surface area contributed by atoms with E-state index in [-0.39, 0.29) is 11.8 Å². The van der Waals surface area contributed by atoms with Gasteiger partial charge in [0, 0.05) is 63.2 Å². The number of fused-ring (bicyclic) bond motifs is 1. The predicted octanol–water partition coefficient (Wildman–Crippen LogP) is 1.06. The number of hydrogen-bond acceptors (Lipinski definition) is 5. The van der Waals surface area contributed by atoms with Gasteiger partial charge in [0.05, 0.1) is 11.9 Å². The molecule has 128 valence electrons. The molecule has 1 amide bonds. The van der Waals surface area contributed by atoms with Crippen molar-refractivity contribution in [3.63, 3.8) is 0 Å². The van der Waals surface area contributed by atoms with Crippen molar-refractivity contribution in [3.8, 4) is 6.07 Å². The van der Waals surface area contributed by atoms with Crippen molar-refractivity contribution < 1.29 is 4.79 Å². The minimum atomic E-state index is 0.0558. The largest absolute Gasteiger partial charge is 0.352 e. The first-order valence-electron chi connectivity index (χ1n) is 8.64. The number of piperazine rings is 1. The normalized spacial score (nSPS) is 20.0. The Labute approximate surface area is 146 Å². The summed E-state index contributed by atoms with van der Waals surface area (Å²) in [5, 5.41) is 9.23. The van der Waals surface area contributed by atoms with Gasteiger partial charge in [-0.25, -0.2) is 9.97 Å². The maximum Gasteiger partial charge on any atom is 0.226 e. The number of hydrogen-bond donors (Lipinski definition) is 0. The first kappa shape index (κ1) is 15.6. The number of carbonyl (C=O) groups excluding carboxylic acids is 1. The second-order valence-electron chi connectivity index (χ2n) is 6.57. The number of rotatable bonds is 2. The van der Waals surface area contributed by atoms with Crippen LogP contribution in [0.3, 0.4) is 0 Å². The molecule has 1 saturated heterocycles. The van der Waals surface area contributed by atoms with E-state index in [9.17, 15) is 10.1 Å². The Balaban J connectivity index is 1.39. The summed E-state index contributed by atoms with van der Waals surface area (Å²) in [6.07, 6.45) is 7.06. The van der Waals surface area contributed by atoms with Gasteiger partial charge in [-0.1, -0.05) is 0 Å². The van der Waals surface area contributed by atoms with Gasteiger partial charge in [0.2, 0.25) is 5.91 Å². The van der Waals surface area contributed by atoms with Crippen LogP contribution in [-0.2, 0) is 17.8 Å². The molecule has 2 aliphatic rings. The van der Waals surface area contributed by atoms with E-state index in [1.807, 2.05) is 17.4 Å². The Morgan fingerprint density at radius 3 is 2.88 bits per heavy atom. The number of amides is 1. The summed E-state index contributed by atoms with van der Waals surface area (Å²) in [5.41, 5.74) is 1.73. The van der Waals surface area contributed by atoms with Gasteiger partial charge in [-0.2, -0.15) is 5.26 Å². The van der Waals surface area contributed by atoms with Crippen molar-refractivity contribution >= 4 is 11.7 Å². The van der Waals surface area contributed by atoms with Crippen LogP contribution in [0, 0.1) is 17.2 Å². The lowest BCUT2D eigenvalue weighted by atomic mass is 9.94. The van der Waals surface area contributed by atoms with Crippen molar-refractivity contribution in [1.82, 2.24) is 19.4 Å². The number of nitrogens with zero attached hydrogens (tertiary/aromatic N) is 6. The average molecular weight is 336 g/mol. The van der Waals surface area contributed by atoms with E-state index in [1.54, 1.807) is 18.3 Å². The second-order valence-corrected chi connectivity index (χ2v) is 6.57. The molecule has 1 unspecified atom stereocenters. The molecular weight excluding hydrogens is 316 g/mol. The van der Waals surface area contributed by atoms with Crippen LogP contribution in [0.15, 0.2) is 30.9 Å². The molecule has 4 rings (SSSR count). The highest BCUT2D eigenvalue weighted by Gasteiger charge is 2.31. The van der Waals surface area contributed by atoms with Gasteiger partial charge >= 0.3 is 0 Å². The van der Waals surface area contributed by atoms with Crippen LogP contribution in [0.1, 0.15) is 17.7 Å². The third-order valence-electron chi connectivity index (χ3n) is 5.12. The molecular formula is C18H20N6O.